The lowest BCUT2D eigenvalue weighted by atomic mass is 10.1. The molecule has 10 heteroatoms. The Bertz CT molecular complexity index is 1200. The summed E-state index contributed by atoms with van der Waals surface area (Å²) < 4.78 is 39.5. The number of benzene rings is 2. The van der Waals surface area contributed by atoms with Gasteiger partial charge in [0.05, 0.1) is 24.3 Å². The number of ether oxygens (including phenoxy) is 1. The molecule has 0 bridgehead atoms. The van der Waals surface area contributed by atoms with Gasteiger partial charge >= 0.3 is 0 Å². The van der Waals surface area contributed by atoms with Gasteiger partial charge in [0.15, 0.2) is 0 Å². The maximum absolute atomic E-state index is 12.9. The molecular formula is C25H30N4O5S. The SMILES string of the molecule is COc1ccc(N2CCN(C(CNS(=O)(=O)c3ccc(NC(C)=O)cc3)c3ccco3)CC2)cc1. The van der Waals surface area contributed by atoms with E-state index in [4.69, 9.17) is 9.15 Å². The number of nitrogens with one attached hydrogen (secondary N) is 2. The first-order valence-corrected chi connectivity index (χ1v) is 12.9. The van der Waals surface area contributed by atoms with E-state index in [0.29, 0.717) is 11.4 Å². The number of hydrogen-bond donors (Lipinski definition) is 2. The van der Waals surface area contributed by atoms with Gasteiger partial charge in [-0.1, -0.05) is 0 Å². The Balaban J connectivity index is 1.41. The Labute approximate surface area is 205 Å². The van der Waals surface area contributed by atoms with Gasteiger partial charge in [0, 0.05) is 51.0 Å². The minimum atomic E-state index is -3.74. The molecule has 1 unspecified atom stereocenters. The molecule has 1 aliphatic rings. The first-order chi connectivity index (χ1) is 16.9. The second-order valence-electron chi connectivity index (χ2n) is 8.31. The van der Waals surface area contributed by atoms with Crippen LogP contribution in [0.1, 0.15) is 18.7 Å². The highest BCUT2D eigenvalue weighted by molar-refractivity contribution is 7.89. The fraction of sp³-hybridized carbons (Fsp3) is 0.320. The van der Waals surface area contributed by atoms with E-state index in [1.165, 1.54) is 19.1 Å². The summed E-state index contributed by atoms with van der Waals surface area (Å²) in [4.78, 5) is 15.9. The summed E-state index contributed by atoms with van der Waals surface area (Å²) in [5.74, 6) is 1.32. The minimum Gasteiger partial charge on any atom is -0.497 e. The van der Waals surface area contributed by atoms with Crippen molar-refractivity contribution in [3.05, 3.63) is 72.7 Å². The van der Waals surface area contributed by atoms with Crippen LogP contribution in [0, 0.1) is 0 Å². The molecule has 2 N–H and O–H groups in total. The second-order valence-corrected chi connectivity index (χ2v) is 10.1. The van der Waals surface area contributed by atoms with Crippen LogP contribution in [0.3, 0.4) is 0 Å². The van der Waals surface area contributed by atoms with Crippen molar-refractivity contribution in [1.82, 2.24) is 9.62 Å². The lowest BCUT2D eigenvalue weighted by Crippen LogP contribution is -2.49. The molecule has 1 amide bonds. The number of amides is 1. The zero-order chi connectivity index (χ0) is 24.8. The lowest BCUT2D eigenvalue weighted by molar-refractivity contribution is -0.114. The predicted molar refractivity (Wildman–Crippen MR) is 134 cm³/mol. The number of sulfonamides is 1. The zero-order valence-electron chi connectivity index (χ0n) is 19.8. The van der Waals surface area contributed by atoms with Crippen LogP contribution in [0.4, 0.5) is 11.4 Å². The molecule has 0 spiro atoms. The van der Waals surface area contributed by atoms with Crippen molar-refractivity contribution >= 4 is 27.3 Å². The Kier molecular flexibility index (Phi) is 7.74. The van der Waals surface area contributed by atoms with Gasteiger partial charge in [0.25, 0.3) is 0 Å². The van der Waals surface area contributed by atoms with Crippen molar-refractivity contribution in [1.29, 1.82) is 0 Å². The van der Waals surface area contributed by atoms with Crippen molar-refractivity contribution in [2.24, 2.45) is 0 Å². The fourth-order valence-corrected chi connectivity index (χ4v) is 5.21. The van der Waals surface area contributed by atoms with Gasteiger partial charge < -0.3 is 19.4 Å². The van der Waals surface area contributed by atoms with Gasteiger partial charge in [-0.25, -0.2) is 13.1 Å². The Morgan fingerprint density at radius 1 is 1.03 bits per heavy atom. The highest BCUT2D eigenvalue weighted by Gasteiger charge is 2.28. The lowest BCUT2D eigenvalue weighted by Gasteiger charge is -2.39. The molecule has 1 atom stereocenters. The molecule has 1 fully saturated rings. The third kappa shape index (κ3) is 6.21. The van der Waals surface area contributed by atoms with Crippen LogP contribution in [0.25, 0.3) is 0 Å². The molecule has 3 aromatic rings. The molecule has 4 rings (SSSR count). The summed E-state index contributed by atoms with van der Waals surface area (Å²) in [6.45, 7) is 4.69. The molecule has 1 saturated heterocycles. The van der Waals surface area contributed by atoms with Crippen molar-refractivity contribution in [3.63, 3.8) is 0 Å². The van der Waals surface area contributed by atoms with E-state index in [1.807, 2.05) is 36.4 Å². The maximum Gasteiger partial charge on any atom is 0.240 e. The molecule has 1 aromatic heterocycles. The summed E-state index contributed by atoms with van der Waals surface area (Å²) in [6.07, 6.45) is 1.60. The van der Waals surface area contributed by atoms with Crippen molar-refractivity contribution in [2.75, 3.05) is 50.1 Å². The van der Waals surface area contributed by atoms with Crippen LogP contribution in [0.5, 0.6) is 5.75 Å². The van der Waals surface area contributed by atoms with E-state index in [-0.39, 0.29) is 23.4 Å². The highest BCUT2D eigenvalue weighted by atomic mass is 32.2. The topological polar surface area (TPSA) is 104 Å². The highest BCUT2D eigenvalue weighted by Crippen LogP contribution is 2.26. The third-order valence-corrected chi connectivity index (χ3v) is 7.46. The van der Waals surface area contributed by atoms with Gasteiger partial charge in [-0.05, 0) is 60.7 Å². The molecule has 2 heterocycles. The number of nitrogens with zero attached hydrogens (tertiary/aromatic N) is 2. The molecule has 2 aromatic carbocycles. The first-order valence-electron chi connectivity index (χ1n) is 11.4. The van der Waals surface area contributed by atoms with Crippen molar-refractivity contribution in [3.8, 4) is 5.75 Å². The average molecular weight is 499 g/mol. The molecular weight excluding hydrogens is 468 g/mol. The number of carbonyl (C=O) groups is 1. The van der Waals surface area contributed by atoms with E-state index in [2.05, 4.69) is 19.8 Å². The molecule has 0 radical (unpaired) electrons. The summed E-state index contributed by atoms with van der Waals surface area (Å²) in [7, 11) is -2.09. The normalized spacial score (nSPS) is 15.5. The van der Waals surface area contributed by atoms with E-state index >= 15 is 0 Å². The molecule has 186 valence electrons. The smallest absolute Gasteiger partial charge is 0.240 e. The number of carbonyl (C=O) groups excluding carboxylic acids is 1. The van der Waals surface area contributed by atoms with E-state index < -0.39 is 10.0 Å². The molecule has 1 aliphatic heterocycles. The van der Waals surface area contributed by atoms with E-state index in [1.54, 1.807) is 25.5 Å². The quantitative estimate of drug-likeness (QED) is 0.467. The Morgan fingerprint density at radius 3 is 2.29 bits per heavy atom. The summed E-state index contributed by atoms with van der Waals surface area (Å²) in [6, 6.07) is 17.5. The Hall–Kier alpha value is -3.34. The molecule has 0 aliphatic carbocycles. The van der Waals surface area contributed by atoms with E-state index in [0.717, 1.165) is 37.6 Å². The summed E-state index contributed by atoms with van der Waals surface area (Å²) in [5, 5.41) is 2.63. The van der Waals surface area contributed by atoms with E-state index in [9.17, 15) is 13.2 Å². The van der Waals surface area contributed by atoms with Gasteiger partial charge in [0.2, 0.25) is 15.9 Å². The van der Waals surface area contributed by atoms with Crippen LogP contribution >= 0.6 is 0 Å². The average Bonchev–Trinajstić information content (AvgIpc) is 3.39. The Morgan fingerprint density at radius 2 is 1.71 bits per heavy atom. The van der Waals surface area contributed by atoms with Crippen molar-refractivity contribution < 1.29 is 22.4 Å². The van der Waals surface area contributed by atoms with Crippen molar-refractivity contribution in [2.45, 2.75) is 17.9 Å². The zero-order valence-corrected chi connectivity index (χ0v) is 20.6. The first kappa shape index (κ1) is 24.8. The van der Waals surface area contributed by atoms with Gasteiger partial charge in [0.1, 0.15) is 11.5 Å². The number of anilines is 2. The second kappa shape index (κ2) is 10.9. The number of piperazine rings is 1. The third-order valence-electron chi connectivity index (χ3n) is 6.02. The monoisotopic (exact) mass is 498 g/mol. The molecule has 9 nitrogen and oxygen atoms in total. The number of methoxy groups -OCH3 is 1. The van der Waals surface area contributed by atoms with Crippen LogP contribution in [-0.2, 0) is 14.8 Å². The van der Waals surface area contributed by atoms with Crippen LogP contribution in [0.15, 0.2) is 76.2 Å². The number of furan rings is 1. The minimum absolute atomic E-state index is 0.133. The van der Waals surface area contributed by atoms with Gasteiger partial charge in [-0.2, -0.15) is 0 Å². The number of rotatable bonds is 9. The standard InChI is InChI=1S/C25H30N4O5S/c1-19(30)27-20-5-11-23(12-6-20)35(31,32)26-18-24(25-4-3-17-34-25)29-15-13-28(14-16-29)21-7-9-22(33-2)10-8-21/h3-12,17,24,26H,13-16,18H2,1-2H3,(H,27,30). The van der Waals surface area contributed by atoms with Crippen LogP contribution in [-0.4, -0.2) is 59.1 Å². The predicted octanol–water partition coefficient (Wildman–Crippen LogP) is 3.09. The van der Waals surface area contributed by atoms with Crippen LogP contribution in [0.2, 0.25) is 0 Å². The summed E-state index contributed by atoms with van der Waals surface area (Å²) in [5.41, 5.74) is 1.67. The van der Waals surface area contributed by atoms with Crippen LogP contribution < -0.4 is 19.7 Å². The fourth-order valence-electron chi connectivity index (χ4n) is 4.17. The molecule has 0 saturated carbocycles. The maximum atomic E-state index is 12.9. The summed E-state index contributed by atoms with van der Waals surface area (Å²) >= 11 is 0. The number of hydrogen-bond acceptors (Lipinski definition) is 7. The largest absolute Gasteiger partial charge is 0.497 e. The molecule has 35 heavy (non-hydrogen) atoms. The van der Waals surface area contributed by atoms with Gasteiger partial charge in [-0.15, -0.1) is 0 Å². The van der Waals surface area contributed by atoms with Gasteiger partial charge in [-0.3, -0.25) is 9.69 Å².